The topological polar surface area (TPSA) is 3.01 Å². The third-order valence-electron chi connectivity index (χ3n) is 6.90. The molecule has 0 aliphatic carbocycles. The maximum atomic E-state index is 2.57. The van der Waals surface area contributed by atoms with Crippen molar-refractivity contribution in [3.63, 3.8) is 0 Å². The normalized spacial score (nSPS) is 18.9. The number of hydrogen-bond acceptors (Lipinski definition) is 1. The van der Waals surface area contributed by atoms with E-state index in [2.05, 4.69) is 127 Å². The van der Waals surface area contributed by atoms with Crippen molar-refractivity contribution in [1.82, 2.24) is 0 Å². The van der Waals surface area contributed by atoms with Crippen molar-refractivity contribution < 1.29 is 0 Å². The van der Waals surface area contributed by atoms with Gasteiger partial charge in [0.1, 0.15) is 0 Å². The Bertz CT molecular complexity index is 976. The van der Waals surface area contributed by atoms with Crippen molar-refractivity contribution in [2.75, 3.05) is 4.90 Å². The summed E-state index contributed by atoms with van der Waals surface area (Å²) in [5, 5.41) is 0. The molecule has 0 radical (unpaired) electrons. The Morgan fingerprint density at radius 3 is 1.19 bits per heavy atom. The van der Waals surface area contributed by atoms with Crippen LogP contribution in [-0.4, -0.2) is 12.1 Å². The zero-order chi connectivity index (χ0) is 22.6. The molecule has 1 heteroatoms. The molecule has 1 aliphatic heterocycles. The minimum Gasteiger partial charge on any atom is -0.361 e. The van der Waals surface area contributed by atoms with Crippen molar-refractivity contribution >= 4 is 5.69 Å². The zero-order valence-electron chi connectivity index (χ0n) is 20.5. The number of hydrogen-bond donors (Lipinski definition) is 0. The quantitative estimate of drug-likeness (QED) is 0.392. The van der Waals surface area contributed by atoms with Crippen LogP contribution in [-0.2, 0) is 10.8 Å². The Balaban J connectivity index is 1.83. The van der Waals surface area contributed by atoms with Gasteiger partial charge in [-0.15, -0.1) is 0 Å². The average Bonchev–Trinajstić information content (AvgIpc) is 3.31. The van der Waals surface area contributed by atoms with E-state index in [4.69, 9.17) is 0 Å². The summed E-state index contributed by atoms with van der Waals surface area (Å²) in [4.78, 5) is 2.57. The molecular formula is C30H37N. The van der Waals surface area contributed by atoms with Crippen LogP contribution in [0, 0.1) is 0 Å². The molecule has 31 heavy (non-hydrogen) atoms. The van der Waals surface area contributed by atoms with Crippen LogP contribution in [0.1, 0.15) is 66.5 Å². The Morgan fingerprint density at radius 2 is 0.903 bits per heavy atom. The van der Waals surface area contributed by atoms with E-state index in [1.165, 1.54) is 39.1 Å². The fourth-order valence-electron chi connectivity index (χ4n) is 4.50. The first kappa shape index (κ1) is 21.7. The Hall–Kier alpha value is -2.54. The lowest BCUT2D eigenvalue weighted by Gasteiger charge is -2.22. The smallest absolute Gasteiger partial charge is 0.0531 e. The van der Waals surface area contributed by atoms with Gasteiger partial charge in [-0.3, -0.25) is 0 Å². The van der Waals surface area contributed by atoms with Crippen LogP contribution >= 0.6 is 0 Å². The molecule has 0 aromatic heterocycles. The van der Waals surface area contributed by atoms with Crippen LogP contribution in [0.2, 0.25) is 0 Å². The summed E-state index contributed by atoms with van der Waals surface area (Å²) in [6, 6.07) is 26.3. The van der Waals surface area contributed by atoms with Crippen molar-refractivity contribution in [1.29, 1.82) is 0 Å². The lowest BCUT2D eigenvalue weighted by molar-refractivity contribution is 0.590. The largest absolute Gasteiger partial charge is 0.361 e. The van der Waals surface area contributed by atoms with E-state index in [0.29, 0.717) is 12.1 Å². The second kappa shape index (κ2) is 7.55. The SMILES string of the molecule is CC1C(C)N1c1c(-c2ccc(C(C)(C)C)cc2)cccc1-c1ccc(C(C)(C)C)cc1. The maximum absolute atomic E-state index is 2.57. The van der Waals surface area contributed by atoms with Gasteiger partial charge in [0, 0.05) is 23.2 Å². The summed E-state index contributed by atoms with van der Waals surface area (Å²) >= 11 is 0. The molecule has 0 bridgehead atoms. The van der Waals surface area contributed by atoms with Crippen molar-refractivity contribution in [3.8, 4) is 22.3 Å². The van der Waals surface area contributed by atoms with Crippen LogP contribution in [0.4, 0.5) is 5.69 Å². The number of anilines is 1. The molecule has 1 saturated heterocycles. The summed E-state index contributed by atoms with van der Waals surface area (Å²) in [6.45, 7) is 18.3. The van der Waals surface area contributed by atoms with Gasteiger partial charge >= 0.3 is 0 Å². The summed E-state index contributed by atoms with van der Waals surface area (Å²) < 4.78 is 0. The minimum absolute atomic E-state index is 0.168. The zero-order valence-corrected chi connectivity index (χ0v) is 20.5. The van der Waals surface area contributed by atoms with E-state index in [1.54, 1.807) is 0 Å². The van der Waals surface area contributed by atoms with E-state index >= 15 is 0 Å². The second-order valence-corrected chi connectivity index (χ2v) is 11.2. The van der Waals surface area contributed by atoms with Gasteiger partial charge in [0.15, 0.2) is 0 Å². The molecule has 0 spiro atoms. The van der Waals surface area contributed by atoms with Gasteiger partial charge in [-0.1, -0.05) is 108 Å². The summed E-state index contributed by atoms with van der Waals surface area (Å²) in [5.41, 5.74) is 9.70. The molecule has 2 unspecified atom stereocenters. The number of benzene rings is 3. The molecule has 0 amide bonds. The molecule has 0 saturated carbocycles. The number of nitrogens with zero attached hydrogens (tertiary/aromatic N) is 1. The van der Waals surface area contributed by atoms with Gasteiger partial charge in [0.2, 0.25) is 0 Å². The molecule has 0 N–H and O–H groups in total. The highest BCUT2D eigenvalue weighted by Crippen LogP contribution is 2.47. The second-order valence-electron chi connectivity index (χ2n) is 11.2. The van der Waals surface area contributed by atoms with Gasteiger partial charge in [0.05, 0.1) is 5.69 Å². The van der Waals surface area contributed by atoms with Crippen molar-refractivity contribution in [2.45, 2.75) is 78.3 Å². The lowest BCUT2D eigenvalue weighted by Crippen LogP contribution is -2.10. The predicted molar refractivity (Wildman–Crippen MR) is 136 cm³/mol. The van der Waals surface area contributed by atoms with Gasteiger partial charge < -0.3 is 4.90 Å². The van der Waals surface area contributed by atoms with Gasteiger partial charge in [-0.2, -0.15) is 0 Å². The monoisotopic (exact) mass is 411 g/mol. The molecular weight excluding hydrogens is 374 g/mol. The third kappa shape index (κ3) is 4.15. The fourth-order valence-corrected chi connectivity index (χ4v) is 4.50. The van der Waals surface area contributed by atoms with E-state index in [-0.39, 0.29) is 10.8 Å². The molecule has 1 heterocycles. The summed E-state index contributed by atoms with van der Waals surface area (Å²) in [7, 11) is 0. The Kier molecular flexibility index (Phi) is 5.28. The first-order valence-corrected chi connectivity index (χ1v) is 11.6. The van der Waals surface area contributed by atoms with Crippen molar-refractivity contribution in [2.24, 2.45) is 0 Å². The van der Waals surface area contributed by atoms with Gasteiger partial charge in [0.25, 0.3) is 0 Å². The highest BCUT2D eigenvalue weighted by Gasteiger charge is 2.42. The van der Waals surface area contributed by atoms with Crippen LogP contribution < -0.4 is 4.90 Å². The summed E-state index contributed by atoms with van der Waals surface area (Å²) in [5.74, 6) is 0. The lowest BCUT2D eigenvalue weighted by atomic mass is 9.85. The third-order valence-corrected chi connectivity index (χ3v) is 6.90. The minimum atomic E-state index is 0.168. The number of para-hydroxylation sites is 1. The molecule has 4 rings (SSSR count). The molecule has 3 aromatic rings. The first-order valence-electron chi connectivity index (χ1n) is 11.6. The molecule has 1 fully saturated rings. The average molecular weight is 412 g/mol. The highest BCUT2D eigenvalue weighted by atomic mass is 15.3. The molecule has 3 aromatic carbocycles. The van der Waals surface area contributed by atoms with E-state index in [1.807, 2.05) is 0 Å². The summed E-state index contributed by atoms with van der Waals surface area (Å²) in [6.07, 6.45) is 0. The van der Waals surface area contributed by atoms with Gasteiger partial charge in [-0.05, 0) is 46.9 Å². The van der Waals surface area contributed by atoms with Crippen LogP contribution in [0.25, 0.3) is 22.3 Å². The van der Waals surface area contributed by atoms with E-state index in [9.17, 15) is 0 Å². The molecule has 2 atom stereocenters. The first-order chi connectivity index (χ1) is 14.5. The van der Waals surface area contributed by atoms with E-state index in [0.717, 1.165) is 0 Å². The Morgan fingerprint density at radius 1 is 0.548 bits per heavy atom. The predicted octanol–water partition coefficient (Wildman–Crippen LogP) is 8.21. The standard InChI is InChI=1S/C30H37N/c1-20-21(2)31(20)28-26(22-12-16-24(17-13-22)29(3,4)5)10-9-11-27(28)23-14-18-25(19-15-23)30(6,7)8/h9-21H,1-8H3. The maximum Gasteiger partial charge on any atom is 0.0531 e. The molecule has 162 valence electrons. The van der Waals surface area contributed by atoms with Gasteiger partial charge in [-0.25, -0.2) is 0 Å². The Labute approximate surface area is 189 Å². The van der Waals surface area contributed by atoms with E-state index < -0.39 is 0 Å². The molecule has 1 nitrogen and oxygen atoms in total. The molecule has 1 aliphatic rings. The van der Waals surface area contributed by atoms with Crippen molar-refractivity contribution in [3.05, 3.63) is 77.9 Å². The van der Waals surface area contributed by atoms with Crippen LogP contribution in [0.5, 0.6) is 0 Å². The highest BCUT2D eigenvalue weighted by molar-refractivity contribution is 5.93. The van der Waals surface area contributed by atoms with Crippen LogP contribution in [0.3, 0.4) is 0 Å². The fraction of sp³-hybridized carbons (Fsp3) is 0.400. The van der Waals surface area contributed by atoms with Crippen LogP contribution in [0.15, 0.2) is 66.7 Å². The number of rotatable bonds is 3.